The van der Waals surface area contributed by atoms with Crippen molar-refractivity contribution in [2.24, 2.45) is 0 Å². The van der Waals surface area contributed by atoms with Crippen LogP contribution in [-0.4, -0.2) is 32.8 Å². The number of hydrogen-bond donors (Lipinski definition) is 3. The molecule has 136 valence electrons. The number of nitrogens with zero attached hydrogens (tertiary/aromatic N) is 2. The highest BCUT2D eigenvalue weighted by atomic mass is 16.5. The third-order valence-electron chi connectivity index (χ3n) is 4.08. The largest absolute Gasteiger partial charge is 0.396 e. The van der Waals surface area contributed by atoms with Crippen molar-refractivity contribution in [1.29, 1.82) is 0 Å². The fourth-order valence-electron chi connectivity index (χ4n) is 2.68. The lowest BCUT2D eigenvalue weighted by molar-refractivity contribution is 0.0708. The molecule has 6 nitrogen and oxygen atoms in total. The smallest absolute Gasteiger partial charge is 0.275 e. The van der Waals surface area contributed by atoms with E-state index in [0.29, 0.717) is 22.2 Å². The first-order valence-electron chi connectivity index (χ1n) is 8.62. The number of carbonyl (C=O) groups is 1. The highest BCUT2D eigenvalue weighted by molar-refractivity contribution is 6.06. The fourth-order valence-corrected chi connectivity index (χ4v) is 2.68. The average Bonchev–Trinajstić information content (AvgIpc) is 2.72. The molecule has 0 spiro atoms. The van der Waals surface area contributed by atoms with Crippen molar-refractivity contribution in [3.63, 3.8) is 0 Å². The average molecular weight is 361 g/mol. The van der Waals surface area contributed by atoms with Crippen LogP contribution in [0.1, 0.15) is 35.2 Å². The van der Waals surface area contributed by atoms with Gasteiger partial charge in [0.05, 0.1) is 16.8 Å². The summed E-state index contributed by atoms with van der Waals surface area (Å²) in [5.74, 6) is 5.57. The van der Waals surface area contributed by atoms with Gasteiger partial charge in [-0.15, -0.1) is 0 Å². The molecule has 0 radical (unpaired) electrons. The number of hydrogen-bond acceptors (Lipinski definition) is 5. The Bertz CT molecular complexity index is 1000. The molecule has 3 N–H and O–H groups in total. The van der Waals surface area contributed by atoms with Gasteiger partial charge in [0.15, 0.2) is 0 Å². The second-order valence-electron chi connectivity index (χ2n) is 5.95. The number of benzene rings is 1. The summed E-state index contributed by atoms with van der Waals surface area (Å²) in [5, 5.41) is 18.3. The normalized spacial score (nSPS) is 10.3. The van der Waals surface area contributed by atoms with E-state index in [-0.39, 0.29) is 6.61 Å². The van der Waals surface area contributed by atoms with Gasteiger partial charge in [-0.3, -0.25) is 15.0 Å². The topological polar surface area (TPSA) is 95.3 Å². The van der Waals surface area contributed by atoms with Crippen LogP contribution in [0.15, 0.2) is 48.8 Å². The minimum atomic E-state index is -0.609. The van der Waals surface area contributed by atoms with E-state index >= 15 is 0 Å². The number of aromatic nitrogens is 2. The molecule has 27 heavy (non-hydrogen) atoms. The number of fused-ring (bicyclic) bond motifs is 1. The zero-order chi connectivity index (χ0) is 19.1. The molecule has 0 fully saturated rings. The van der Waals surface area contributed by atoms with Crippen LogP contribution in [0.4, 0.5) is 0 Å². The Morgan fingerprint density at radius 1 is 1.15 bits per heavy atom. The van der Waals surface area contributed by atoms with E-state index in [0.717, 1.165) is 30.4 Å². The van der Waals surface area contributed by atoms with E-state index < -0.39 is 5.91 Å². The summed E-state index contributed by atoms with van der Waals surface area (Å²) in [6.45, 7) is 0.196. The molecule has 3 rings (SSSR count). The lowest BCUT2D eigenvalue weighted by atomic mass is 10.0. The molecule has 0 saturated heterocycles. The van der Waals surface area contributed by atoms with Gasteiger partial charge in [-0.25, -0.2) is 10.5 Å². The molecular weight excluding hydrogens is 342 g/mol. The summed E-state index contributed by atoms with van der Waals surface area (Å²) in [5.41, 5.74) is 4.94. The zero-order valence-corrected chi connectivity index (χ0v) is 14.6. The number of pyridine rings is 2. The molecule has 1 amide bonds. The SMILES string of the molecule is O=C(NO)c1cc(-c2ccc(C#CCCCCO)cc2)nc2ccncc12. The van der Waals surface area contributed by atoms with Crippen LogP contribution in [0.25, 0.3) is 22.2 Å². The predicted octanol–water partition coefficient (Wildman–Crippen LogP) is 2.93. The van der Waals surface area contributed by atoms with Gasteiger partial charge in [-0.2, -0.15) is 0 Å². The van der Waals surface area contributed by atoms with E-state index in [4.69, 9.17) is 10.3 Å². The third kappa shape index (κ3) is 4.47. The van der Waals surface area contributed by atoms with Crippen molar-refractivity contribution in [2.75, 3.05) is 6.61 Å². The molecule has 2 heterocycles. The summed E-state index contributed by atoms with van der Waals surface area (Å²) < 4.78 is 0. The number of amides is 1. The van der Waals surface area contributed by atoms with Gasteiger partial charge >= 0.3 is 0 Å². The molecular formula is C21H19N3O3. The molecule has 0 aliphatic heterocycles. The molecule has 0 unspecified atom stereocenters. The summed E-state index contributed by atoms with van der Waals surface area (Å²) in [4.78, 5) is 20.6. The number of unbranched alkanes of at least 4 members (excludes halogenated alkanes) is 2. The fraction of sp³-hybridized carbons (Fsp3) is 0.190. The zero-order valence-electron chi connectivity index (χ0n) is 14.6. The van der Waals surface area contributed by atoms with E-state index in [9.17, 15) is 4.79 Å². The van der Waals surface area contributed by atoms with Crippen molar-refractivity contribution in [1.82, 2.24) is 15.4 Å². The quantitative estimate of drug-likeness (QED) is 0.281. The Balaban J connectivity index is 1.90. The minimum Gasteiger partial charge on any atom is -0.396 e. The Kier molecular flexibility index (Phi) is 6.10. The first-order valence-corrected chi connectivity index (χ1v) is 8.62. The molecule has 3 aromatic rings. The van der Waals surface area contributed by atoms with Crippen LogP contribution >= 0.6 is 0 Å². The highest BCUT2D eigenvalue weighted by Crippen LogP contribution is 2.24. The minimum absolute atomic E-state index is 0.196. The number of nitrogens with one attached hydrogen (secondary N) is 1. The lowest BCUT2D eigenvalue weighted by Crippen LogP contribution is -2.19. The highest BCUT2D eigenvalue weighted by Gasteiger charge is 2.13. The van der Waals surface area contributed by atoms with Gasteiger partial charge in [-0.05, 0) is 37.1 Å². The molecule has 0 bridgehead atoms. The summed E-state index contributed by atoms with van der Waals surface area (Å²) in [6, 6.07) is 10.9. The van der Waals surface area contributed by atoms with E-state index in [1.165, 1.54) is 0 Å². The third-order valence-corrected chi connectivity index (χ3v) is 4.08. The van der Waals surface area contributed by atoms with Crippen molar-refractivity contribution in [3.05, 3.63) is 59.9 Å². The molecule has 0 aliphatic rings. The second-order valence-corrected chi connectivity index (χ2v) is 5.95. The van der Waals surface area contributed by atoms with Crippen LogP contribution in [0.5, 0.6) is 0 Å². The summed E-state index contributed by atoms with van der Waals surface area (Å²) in [6.07, 6.45) is 5.55. The molecule has 0 aliphatic carbocycles. The van der Waals surface area contributed by atoms with Crippen LogP contribution in [0, 0.1) is 11.8 Å². The van der Waals surface area contributed by atoms with Crippen LogP contribution in [0.2, 0.25) is 0 Å². The number of rotatable bonds is 5. The lowest BCUT2D eigenvalue weighted by Gasteiger charge is -2.08. The van der Waals surface area contributed by atoms with Gasteiger partial charge in [0.1, 0.15) is 0 Å². The van der Waals surface area contributed by atoms with Gasteiger partial charge in [0.2, 0.25) is 0 Å². The van der Waals surface area contributed by atoms with Crippen LogP contribution in [0.3, 0.4) is 0 Å². The van der Waals surface area contributed by atoms with E-state index in [1.54, 1.807) is 30.0 Å². The van der Waals surface area contributed by atoms with E-state index in [2.05, 4.69) is 21.8 Å². The maximum absolute atomic E-state index is 12.0. The standard InChI is InChI=1S/C21H19N3O3/c25-12-4-2-1-3-5-15-6-8-16(9-7-15)20-13-17(21(26)24-27)18-14-22-11-10-19(18)23-20/h6-11,13-14,25,27H,1-2,4,12H2,(H,24,26). The first kappa shape index (κ1) is 18.5. The Morgan fingerprint density at radius 3 is 2.70 bits per heavy atom. The van der Waals surface area contributed by atoms with Crippen molar-refractivity contribution in [2.45, 2.75) is 19.3 Å². The number of aliphatic hydroxyl groups is 1. The molecule has 0 atom stereocenters. The number of aliphatic hydroxyl groups excluding tert-OH is 1. The molecule has 0 saturated carbocycles. The maximum Gasteiger partial charge on any atom is 0.275 e. The maximum atomic E-state index is 12.0. The Labute approximate surface area is 156 Å². The van der Waals surface area contributed by atoms with Crippen molar-refractivity contribution in [3.8, 4) is 23.1 Å². The molecule has 1 aromatic carbocycles. The predicted molar refractivity (Wildman–Crippen MR) is 102 cm³/mol. The monoisotopic (exact) mass is 361 g/mol. The van der Waals surface area contributed by atoms with Crippen molar-refractivity contribution < 1.29 is 15.1 Å². The van der Waals surface area contributed by atoms with Crippen LogP contribution in [-0.2, 0) is 0 Å². The van der Waals surface area contributed by atoms with Gasteiger partial charge in [-0.1, -0.05) is 24.0 Å². The second kappa shape index (κ2) is 8.90. The summed E-state index contributed by atoms with van der Waals surface area (Å²) in [7, 11) is 0. The van der Waals surface area contributed by atoms with Crippen LogP contribution < -0.4 is 5.48 Å². The Morgan fingerprint density at radius 2 is 1.96 bits per heavy atom. The number of hydroxylamine groups is 1. The molecule has 2 aromatic heterocycles. The first-order chi connectivity index (χ1) is 13.2. The van der Waals surface area contributed by atoms with Gasteiger partial charge in [0.25, 0.3) is 5.91 Å². The Hall–Kier alpha value is -3.27. The van der Waals surface area contributed by atoms with Crippen molar-refractivity contribution >= 4 is 16.8 Å². The van der Waals surface area contributed by atoms with E-state index in [1.807, 2.05) is 24.3 Å². The van der Waals surface area contributed by atoms with Gasteiger partial charge in [0, 0.05) is 41.9 Å². The summed E-state index contributed by atoms with van der Waals surface area (Å²) >= 11 is 0. The molecule has 6 heteroatoms. The number of carbonyl (C=O) groups excluding carboxylic acids is 1. The van der Waals surface area contributed by atoms with Gasteiger partial charge < -0.3 is 5.11 Å².